The molecule has 1 aromatic rings. The van der Waals surface area contributed by atoms with Crippen molar-refractivity contribution in [3.63, 3.8) is 0 Å². The second kappa shape index (κ2) is 32.4. The van der Waals surface area contributed by atoms with Crippen LogP contribution in [-0.2, 0) is 54.4 Å². The van der Waals surface area contributed by atoms with Gasteiger partial charge in [0.25, 0.3) is 0 Å². The molecule has 0 spiro atoms. The summed E-state index contributed by atoms with van der Waals surface area (Å²) in [5.74, 6) is -9.55. The highest BCUT2D eigenvalue weighted by Crippen LogP contribution is 2.10. The molecule has 0 aliphatic rings. The standard InChI is InChI=1S/C43H72N12O13/c1-24(2)19-31(43(67)68)53-36(60)25(3)48-37(61)27(13-7-9-17-44)51-41(65)32(22-56)55-42(66)33(23-57)54-39(63)29(15-16-34(47)58)52-38(62)28(14-8-10-18-45)50-40(64)30(49-35(59)21-46)20-26-11-5-4-6-12-26/h4-6,11-12,24-25,27-33,56-57H,7-10,13-23,44-46H2,1-3H3,(H2,47,58)(H,48,61)(H,49,59)(H,50,64)(H,51,65)(H,52,62)(H,53,60)(H,54,63)(H,55,66)(H,67,68)/t25-,27-,28-,29-,30-,31-,32-,33-/m0/s1. The molecule has 0 fully saturated rings. The lowest BCUT2D eigenvalue weighted by molar-refractivity contribution is -0.142. The van der Waals surface area contributed by atoms with Crippen molar-refractivity contribution in [3.05, 3.63) is 35.9 Å². The van der Waals surface area contributed by atoms with Gasteiger partial charge in [0, 0.05) is 12.8 Å². The molecular formula is C43H72N12O13. The summed E-state index contributed by atoms with van der Waals surface area (Å²) in [6.07, 6.45) is 0.826. The van der Waals surface area contributed by atoms with E-state index in [-0.39, 0.29) is 44.7 Å². The minimum absolute atomic E-state index is 0.00921. The first-order chi connectivity index (χ1) is 32.2. The molecule has 25 nitrogen and oxygen atoms in total. The second-order valence-corrected chi connectivity index (χ2v) is 16.5. The molecule has 1 rings (SSSR count). The highest BCUT2D eigenvalue weighted by Gasteiger charge is 2.34. The van der Waals surface area contributed by atoms with E-state index in [1.807, 2.05) is 0 Å². The minimum Gasteiger partial charge on any atom is -0.480 e. The van der Waals surface area contributed by atoms with Crippen LogP contribution < -0.4 is 65.5 Å². The monoisotopic (exact) mass is 965 g/mol. The molecule has 382 valence electrons. The topological polar surface area (TPSA) is 432 Å². The average Bonchev–Trinajstić information content (AvgIpc) is 3.29. The van der Waals surface area contributed by atoms with Crippen LogP contribution in [0.3, 0.4) is 0 Å². The molecule has 8 atom stereocenters. The minimum atomic E-state index is -1.82. The van der Waals surface area contributed by atoms with Gasteiger partial charge in [0.2, 0.25) is 53.2 Å². The van der Waals surface area contributed by atoms with Crippen LogP contribution >= 0.6 is 0 Å². The van der Waals surface area contributed by atoms with Crippen molar-refractivity contribution in [2.75, 3.05) is 32.8 Å². The molecule has 0 heterocycles. The first kappa shape index (κ1) is 59.7. The number of aliphatic hydroxyl groups excluding tert-OH is 2. The highest BCUT2D eigenvalue weighted by molar-refractivity contribution is 5.98. The largest absolute Gasteiger partial charge is 0.480 e. The normalized spacial score (nSPS) is 14.5. The number of rotatable bonds is 34. The zero-order chi connectivity index (χ0) is 51.3. The summed E-state index contributed by atoms with van der Waals surface area (Å²) in [5.41, 5.74) is 22.7. The Hall–Kier alpha value is -6.28. The smallest absolute Gasteiger partial charge is 0.326 e. The zero-order valence-corrected chi connectivity index (χ0v) is 38.9. The summed E-state index contributed by atoms with van der Waals surface area (Å²) >= 11 is 0. The van der Waals surface area contributed by atoms with E-state index in [0.717, 1.165) is 0 Å². The van der Waals surface area contributed by atoms with Crippen LogP contribution in [-0.4, -0.2) is 156 Å². The third-order valence-electron chi connectivity index (χ3n) is 10.3. The number of unbranched alkanes of at least 4 members (excludes halogenated alkanes) is 2. The number of hydrogen-bond acceptors (Lipinski definition) is 15. The summed E-state index contributed by atoms with van der Waals surface area (Å²) in [6.45, 7) is 2.79. The third-order valence-corrected chi connectivity index (χ3v) is 10.3. The van der Waals surface area contributed by atoms with Gasteiger partial charge in [-0.2, -0.15) is 0 Å². The Morgan fingerprint density at radius 2 is 0.926 bits per heavy atom. The molecule has 0 aromatic heterocycles. The molecule has 0 bridgehead atoms. The van der Waals surface area contributed by atoms with Gasteiger partial charge in [0.1, 0.15) is 48.3 Å². The predicted molar refractivity (Wildman–Crippen MR) is 246 cm³/mol. The molecule has 19 N–H and O–H groups in total. The molecule has 0 unspecified atom stereocenters. The fourth-order valence-electron chi connectivity index (χ4n) is 6.51. The molecule has 1 aromatic carbocycles. The predicted octanol–water partition coefficient (Wildman–Crippen LogP) is -5.28. The maximum atomic E-state index is 13.8. The van der Waals surface area contributed by atoms with Gasteiger partial charge in [-0.3, -0.25) is 43.2 Å². The Bertz CT molecular complexity index is 1820. The number of aliphatic hydroxyl groups is 2. The quantitative estimate of drug-likeness (QED) is 0.0287. The number of benzene rings is 1. The molecule has 0 saturated carbocycles. The van der Waals surface area contributed by atoms with Gasteiger partial charge in [0.15, 0.2) is 0 Å². The number of hydrogen-bond donors (Lipinski definition) is 15. The molecule has 0 aliphatic carbocycles. The lowest BCUT2D eigenvalue weighted by Gasteiger charge is -2.27. The molecule has 0 radical (unpaired) electrons. The lowest BCUT2D eigenvalue weighted by Crippen LogP contribution is -2.61. The van der Waals surface area contributed by atoms with E-state index in [4.69, 9.17) is 22.9 Å². The Kier molecular flexibility index (Phi) is 28.5. The van der Waals surface area contributed by atoms with Crippen molar-refractivity contribution in [1.82, 2.24) is 42.5 Å². The Morgan fingerprint density at radius 1 is 0.515 bits per heavy atom. The molecule has 68 heavy (non-hydrogen) atoms. The first-order valence-electron chi connectivity index (χ1n) is 22.5. The number of amides is 9. The number of carboxylic acids is 1. The van der Waals surface area contributed by atoms with E-state index in [9.17, 15) is 63.3 Å². The van der Waals surface area contributed by atoms with Gasteiger partial charge >= 0.3 is 5.97 Å². The van der Waals surface area contributed by atoms with Crippen molar-refractivity contribution in [2.45, 2.75) is 133 Å². The van der Waals surface area contributed by atoms with Crippen molar-refractivity contribution in [3.8, 4) is 0 Å². The fourth-order valence-corrected chi connectivity index (χ4v) is 6.51. The number of primary amides is 1. The first-order valence-corrected chi connectivity index (χ1v) is 22.5. The fraction of sp³-hybridized carbons (Fsp3) is 0.628. The Balaban J connectivity index is 3.24. The molecule has 9 amide bonds. The molecule has 25 heteroatoms. The number of nitrogens with one attached hydrogen (secondary N) is 8. The van der Waals surface area contributed by atoms with Gasteiger partial charge < -0.3 is 80.8 Å². The van der Waals surface area contributed by atoms with Gasteiger partial charge in [0.05, 0.1) is 19.8 Å². The van der Waals surface area contributed by atoms with Gasteiger partial charge in [-0.15, -0.1) is 0 Å². The van der Waals surface area contributed by atoms with Crippen molar-refractivity contribution in [2.24, 2.45) is 28.9 Å². The second-order valence-electron chi connectivity index (χ2n) is 16.5. The van der Waals surface area contributed by atoms with E-state index in [0.29, 0.717) is 31.2 Å². The summed E-state index contributed by atoms with van der Waals surface area (Å²) in [6, 6.07) is -2.80. The van der Waals surface area contributed by atoms with Crippen LogP contribution in [0.25, 0.3) is 0 Å². The van der Waals surface area contributed by atoms with Gasteiger partial charge in [-0.1, -0.05) is 44.2 Å². The van der Waals surface area contributed by atoms with E-state index >= 15 is 0 Å². The maximum absolute atomic E-state index is 13.8. The van der Waals surface area contributed by atoms with Crippen LogP contribution in [0.4, 0.5) is 0 Å². The van der Waals surface area contributed by atoms with Crippen molar-refractivity contribution < 1.29 is 63.3 Å². The third kappa shape index (κ3) is 23.0. The number of nitrogens with two attached hydrogens (primary N) is 4. The van der Waals surface area contributed by atoms with Crippen LogP contribution in [0.2, 0.25) is 0 Å². The number of carbonyl (C=O) groups is 10. The highest BCUT2D eigenvalue weighted by atomic mass is 16.4. The van der Waals surface area contributed by atoms with Crippen molar-refractivity contribution in [1.29, 1.82) is 0 Å². The van der Waals surface area contributed by atoms with Gasteiger partial charge in [-0.05, 0) is 82.9 Å². The number of carboxylic acid groups (broad SMARTS) is 1. The van der Waals surface area contributed by atoms with Gasteiger partial charge in [-0.25, -0.2) is 4.79 Å². The maximum Gasteiger partial charge on any atom is 0.326 e. The Labute approximate surface area is 395 Å². The van der Waals surface area contributed by atoms with Crippen molar-refractivity contribution >= 4 is 59.1 Å². The molecule has 0 aliphatic heterocycles. The summed E-state index contributed by atoms with van der Waals surface area (Å²) in [5, 5.41) is 49.0. The van der Waals surface area contributed by atoms with E-state index < -0.39 is 140 Å². The van der Waals surface area contributed by atoms with Crippen LogP contribution in [0.5, 0.6) is 0 Å². The van der Waals surface area contributed by atoms with E-state index in [2.05, 4.69) is 42.5 Å². The van der Waals surface area contributed by atoms with Crippen LogP contribution in [0.1, 0.15) is 84.1 Å². The molecular weight excluding hydrogens is 893 g/mol. The number of carbonyl (C=O) groups excluding carboxylic acids is 9. The Morgan fingerprint density at radius 3 is 1.34 bits per heavy atom. The average molecular weight is 965 g/mol. The van der Waals surface area contributed by atoms with Crippen LogP contribution in [0, 0.1) is 5.92 Å². The summed E-state index contributed by atoms with van der Waals surface area (Å²) in [7, 11) is 0. The summed E-state index contributed by atoms with van der Waals surface area (Å²) in [4.78, 5) is 130. The zero-order valence-electron chi connectivity index (χ0n) is 38.9. The summed E-state index contributed by atoms with van der Waals surface area (Å²) < 4.78 is 0. The molecule has 0 saturated heterocycles. The van der Waals surface area contributed by atoms with E-state index in [1.165, 1.54) is 6.92 Å². The van der Waals surface area contributed by atoms with E-state index in [1.54, 1.807) is 44.2 Å². The van der Waals surface area contributed by atoms with Crippen LogP contribution in [0.15, 0.2) is 30.3 Å². The number of aliphatic carboxylic acids is 1. The lowest BCUT2D eigenvalue weighted by atomic mass is 10.0. The SMILES string of the molecule is CC(C)C[C@H](NC(=O)[C@H](C)NC(=O)[C@H](CCCCN)NC(=O)[C@H](CO)NC(=O)[C@H](CO)NC(=O)[C@H](CCC(N)=O)NC(=O)[C@H](CCCCN)NC(=O)[C@H](Cc1ccccc1)NC(=O)CN)C(=O)O.